The van der Waals surface area contributed by atoms with E-state index in [1.54, 1.807) is 6.20 Å². The van der Waals surface area contributed by atoms with Crippen LogP contribution >= 0.6 is 0 Å². The molecule has 23 heavy (non-hydrogen) atoms. The zero-order valence-corrected chi connectivity index (χ0v) is 12.5. The van der Waals surface area contributed by atoms with Gasteiger partial charge in [0.2, 0.25) is 0 Å². The van der Waals surface area contributed by atoms with E-state index in [0.29, 0.717) is 12.4 Å². The maximum Gasteiger partial charge on any atom is 0.143 e. The molecule has 0 radical (unpaired) electrons. The van der Waals surface area contributed by atoms with Crippen LogP contribution in [0.5, 0.6) is 5.75 Å². The summed E-state index contributed by atoms with van der Waals surface area (Å²) < 4.78 is 5.72. The quantitative estimate of drug-likeness (QED) is 0.760. The number of nitrogens with zero attached hydrogens (tertiary/aromatic N) is 2. The molecule has 0 unspecified atom stereocenters. The number of nitrogen functional groups attached to an aromatic ring is 1. The minimum atomic E-state index is 0.406. The van der Waals surface area contributed by atoms with Crippen molar-refractivity contribution in [1.29, 1.82) is 0 Å². The molecule has 0 saturated carbocycles. The Balaban J connectivity index is 1.86. The molecule has 1 aliphatic rings. The van der Waals surface area contributed by atoms with Gasteiger partial charge in [0.05, 0.1) is 23.3 Å². The Bertz CT molecular complexity index is 849. The number of rotatable bonds is 2. The molecule has 5 heteroatoms. The number of benzene rings is 2. The van der Waals surface area contributed by atoms with E-state index in [0.717, 1.165) is 40.5 Å². The van der Waals surface area contributed by atoms with Gasteiger partial charge in [-0.25, -0.2) is 4.98 Å². The molecule has 0 fully saturated rings. The van der Waals surface area contributed by atoms with E-state index in [9.17, 15) is 0 Å². The molecule has 0 aliphatic carbocycles. The molecule has 2 aromatic carbocycles. The fourth-order valence-corrected chi connectivity index (χ4v) is 2.69. The highest BCUT2D eigenvalue weighted by Gasteiger charge is 2.15. The highest BCUT2D eigenvalue weighted by molar-refractivity contribution is 5.80. The smallest absolute Gasteiger partial charge is 0.143 e. The average Bonchev–Trinajstić information content (AvgIpc) is 2.62. The minimum Gasteiger partial charge on any atom is -0.490 e. The molecule has 1 aliphatic heterocycles. The third kappa shape index (κ3) is 2.57. The van der Waals surface area contributed by atoms with E-state index < -0.39 is 0 Å². The van der Waals surface area contributed by atoms with Crippen molar-refractivity contribution in [3.05, 3.63) is 54.7 Å². The van der Waals surface area contributed by atoms with Crippen LogP contribution in [0.2, 0.25) is 0 Å². The van der Waals surface area contributed by atoms with Crippen LogP contribution in [0, 0.1) is 0 Å². The van der Waals surface area contributed by atoms with Crippen LogP contribution in [0.3, 0.4) is 0 Å². The maximum absolute atomic E-state index is 5.85. The largest absolute Gasteiger partial charge is 0.490 e. The fourth-order valence-electron chi connectivity index (χ4n) is 2.69. The van der Waals surface area contributed by atoms with Crippen molar-refractivity contribution in [2.24, 2.45) is 0 Å². The van der Waals surface area contributed by atoms with Crippen LogP contribution in [-0.2, 0) is 0 Å². The third-order valence-electron chi connectivity index (χ3n) is 3.77. The van der Waals surface area contributed by atoms with E-state index in [2.05, 4.69) is 15.3 Å². The summed E-state index contributed by atoms with van der Waals surface area (Å²) in [4.78, 5) is 9.00. The molecule has 0 atom stereocenters. The Kier molecular flexibility index (Phi) is 3.31. The Morgan fingerprint density at radius 2 is 1.87 bits per heavy atom. The summed E-state index contributed by atoms with van der Waals surface area (Å²) in [6.07, 6.45) is 1.58. The lowest BCUT2D eigenvalue weighted by Gasteiger charge is -2.20. The van der Waals surface area contributed by atoms with Gasteiger partial charge in [-0.15, -0.1) is 0 Å². The van der Waals surface area contributed by atoms with Crippen molar-refractivity contribution >= 4 is 11.5 Å². The molecule has 0 saturated heterocycles. The highest BCUT2D eigenvalue weighted by atomic mass is 16.5. The van der Waals surface area contributed by atoms with Crippen LogP contribution in [0.4, 0.5) is 11.5 Å². The summed E-state index contributed by atoms with van der Waals surface area (Å²) in [5.41, 5.74) is 10.4. The SMILES string of the molecule is Nc1cnc(-c2ccc3c(c2)OCCN3)c(-c2ccccc2)n1. The normalized spacial score (nSPS) is 12.9. The molecule has 3 N–H and O–H groups in total. The highest BCUT2D eigenvalue weighted by Crippen LogP contribution is 2.35. The Labute approximate surface area is 134 Å². The molecule has 0 bridgehead atoms. The number of ether oxygens (including phenoxy) is 1. The summed E-state index contributed by atoms with van der Waals surface area (Å²) >= 11 is 0. The van der Waals surface area contributed by atoms with E-state index >= 15 is 0 Å². The molecule has 1 aromatic heterocycles. The van der Waals surface area contributed by atoms with Crippen molar-refractivity contribution < 1.29 is 4.74 Å². The van der Waals surface area contributed by atoms with Gasteiger partial charge in [-0.05, 0) is 12.1 Å². The number of aromatic nitrogens is 2. The summed E-state index contributed by atoms with van der Waals surface area (Å²) in [6.45, 7) is 1.48. The number of fused-ring (bicyclic) bond motifs is 1. The summed E-state index contributed by atoms with van der Waals surface area (Å²) in [7, 11) is 0. The molecular weight excluding hydrogens is 288 g/mol. The first-order valence-electron chi connectivity index (χ1n) is 7.50. The van der Waals surface area contributed by atoms with E-state index in [1.165, 1.54) is 0 Å². The third-order valence-corrected chi connectivity index (χ3v) is 3.77. The first-order valence-corrected chi connectivity index (χ1v) is 7.50. The first-order chi connectivity index (χ1) is 11.3. The lowest BCUT2D eigenvalue weighted by atomic mass is 10.0. The van der Waals surface area contributed by atoms with Crippen molar-refractivity contribution in [3.8, 4) is 28.3 Å². The van der Waals surface area contributed by atoms with Crippen molar-refractivity contribution in [1.82, 2.24) is 9.97 Å². The number of nitrogens with two attached hydrogens (primary N) is 1. The first kappa shape index (κ1) is 13.6. The molecule has 3 aromatic rings. The van der Waals surface area contributed by atoms with E-state index in [4.69, 9.17) is 10.5 Å². The van der Waals surface area contributed by atoms with Gasteiger partial charge in [-0.2, -0.15) is 0 Å². The van der Waals surface area contributed by atoms with Gasteiger partial charge in [0.1, 0.15) is 18.2 Å². The van der Waals surface area contributed by atoms with E-state index in [1.807, 2.05) is 48.5 Å². The van der Waals surface area contributed by atoms with Gasteiger partial charge in [0.25, 0.3) is 0 Å². The Morgan fingerprint density at radius 3 is 2.74 bits per heavy atom. The zero-order valence-electron chi connectivity index (χ0n) is 12.5. The molecule has 5 nitrogen and oxygen atoms in total. The van der Waals surface area contributed by atoms with Crippen LogP contribution in [0.25, 0.3) is 22.5 Å². The Hall–Kier alpha value is -3.08. The van der Waals surface area contributed by atoms with Gasteiger partial charge in [0, 0.05) is 17.7 Å². The second-order valence-corrected chi connectivity index (χ2v) is 5.34. The van der Waals surface area contributed by atoms with Crippen molar-refractivity contribution in [2.45, 2.75) is 0 Å². The number of hydrogen-bond acceptors (Lipinski definition) is 5. The van der Waals surface area contributed by atoms with Gasteiger partial charge < -0.3 is 15.8 Å². The summed E-state index contributed by atoms with van der Waals surface area (Å²) in [5.74, 6) is 1.25. The van der Waals surface area contributed by atoms with Gasteiger partial charge in [-0.3, -0.25) is 4.98 Å². The predicted octanol–water partition coefficient (Wildman–Crippen LogP) is 3.20. The topological polar surface area (TPSA) is 73.1 Å². The standard InChI is InChI=1S/C18H16N4O/c19-16-11-21-17(18(22-16)12-4-2-1-3-5-12)13-6-7-14-15(10-13)23-9-8-20-14/h1-7,10-11,20H,8-9H2,(H2,19,22). The second-order valence-electron chi connectivity index (χ2n) is 5.34. The van der Waals surface area contributed by atoms with Crippen molar-refractivity contribution in [3.63, 3.8) is 0 Å². The van der Waals surface area contributed by atoms with Crippen LogP contribution in [0.15, 0.2) is 54.7 Å². The van der Waals surface area contributed by atoms with Gasteiger partial charge in [-0.1, -0.05) is 36.4 Å². The van der Waals surface area contributed by atoms with E-state index in [-0.39, 0.29) is 0 Å². The molecule has 114 valence electrons. The molecule has 2 heterocycles. The zero-order chi connectivity index (χ0) is 15.6. The lowest BCUT2D eigenvalue weighted by Crippen LogP contribution is -2.17. The molecular formula is C18H16N4O. The van der Waals surface area contributed by atoms with Gasteiger partial charge >= 0.3 is 0 Å². The predicted molar refractivity (Wildman–Crippen MR) is 91.3 cm³/mol. The molecule has 0 spiro atoms. The lowest BCUT2D eigenvalue weighted by molar-refractivity contribution is 0.323. The Morgan fingerprint density at radius 1 is 1.00 bits per heavy atom. The minimum absolute atomic E-state index is 0.406. The second kappa shape index (κ2) is 5.61. The maximum atomic E-state index is 5.85. The number of nitrogens with one attached hydrogen (secondary N) is 1. The summed E-state index contributed by atoms with van der Waals surface area (Å²) in [5, 5.41) is 3.32. The summed E-state index contributed by atoms with van der Waals surface area (Å²) in [6, 6.07) is 16.0. The fraction of sp³-hybridized carbons (Fsp3) is 0.111. The number of anilines is 2. The molecule has 0 amide bonds. The van der Waals surface area contributed by atoms with Crippen LogP contribution in [0.1, 0.15) is 0 Å². The number of hydrogen-bond donors (Lipinski definition) is 2. The monoisotopic (exact) mass is 304 g/mol. The molecule has 4 rings (SSSR count). The van der Waals surface area contributed by atoms with Gasteiger partial charge in [0.15, 0.2) is 0 Å². The van der Waals surface area contributed by atoms with Crippen LogP contribution in [-0.4, -0.2) is 23.1 Å². The van der Waals surface area contributed by atoms with Crippen molar-refractivity contribution in [2.75, 3.05) is 24.2 Å². The average molecular weight is 304 g/mol. The van der Waals surface area contributed by atoms with Crippen LogP contribution < -0.4 is 15.8 Å².